The summed E-state index contributed by atoms with van der Waals surface area (Å²) in [7, 11) is 3.10. The molecule has 10 nitrogen and oxygen atoms in total. The summed E-state index contributed by atoms with van der Waals surface area (Å²) in [4.78, 5) is 31.1. The fourth-order valence-electron chi connectivity index (χ4n) is 3.33. The Labute approximate surface area is 156 Å². The van der Waals surface area contributed by atoms with Gasteiger partial charge < -0.3 is 24.0 Å². The molecule has 2 aromatic heterocycles. The number of nitrogens with zero attached hydrogens (tertiary/aromatic N) is 4. The first kappa shape index (κ1) is 19.0. The molecule has 3 heterocycles. The molecule has 0 saturated carbocycles. The van der Waals surface area contributed by atoms with Crippen molar-refractivity contribution < 1.29 is 23.4 Å². The predicted octanol–water partition coefficient (Wildman–Crippen LogP) is 0.352. The van der Waals surface area contributed by atoms with Gasteiger partial charge in [0.2, 0.25) is 17.7 Å². The summed E-state index contributed by atoms with van der Waals surface area (Å²) in [5, 5.41) is 10.4. The number of carbonyl (C=O) groups excluding carboxylic acids is 2. The fraction of sp³-hybridized carbons (Fsp3) is 0.588. The summed E-state index contributed by atoms with van der Waals surface area (Å²) in [5.41, 5.74) is 1.47. The molecule has 2 amide bonds. The minimum Gasteiger partial charge on any atom is -0.377 e. The topological polar surface area (TPSA) is 124 Å². The third-order valence-corrected chi connectivity index (χ3v) is 4.84. The SMILES string of the molecule is CNC(=O)C1CN(C(=O)Cc2c(C)noc2C)CC1c1nc(COC)no1. The van der Waals surface area contributed by atoms with Crippen molar-refractivity contribution in [1.82, 2.24) is 25.5 Å². The van der Waals surface area contributed by atoms with Crippen molar-refractivity contribution in [1.29, 1.82) is 0 Å². The van der Waals surface area contributed by atoms with Gasteiger partial charge in [-0.05, 0) is 13.8 Å². The molecule has 0 radical (unpaired) electrons. The van der Waals surface area contributed by atoms with Gasteiger partial charge in [-0.3, -0.25) is 9.59 Å². The van der Waals surface area contributed by atoms with E-state index < -0.39 is 5.92 Å². The molecule has 0 bridgehead atoms. The second-order valence-electron chi connectivity index (χ2n) is 6.59. The molecule has 10 heteroatoms. The van der Waals surface area contributed by atoms with Crippen LogP contribution in [0, 0.1) is 19.8 Å². The highest BCUT2D eigenvalue weighted by molar-refractivity contribution is 5.84. The minimum absolute atomic E-state index is 0.0996. The number of hydrogen-bond donors (Lipinski definition) is 1. The zero-order valence-corrected chi connectivity index (χ0v) is 15.8. The van der Waals surface area contributed by atoms with E-state index in [-0.39, 0.29) is 37.3 Å². The normalized spacial score (nSPS) is 19.5. The van der Waals surface area contributed by atoms with Gasteiger partial charge in [0.15, 0.2) is 5.82 Å². The van der Waals surface area contributed by atoms with E-state index >= 15 is 0 Å². The van der Waals surface area contributed by atoms with E-state index in [0.717, 1.165) is 5.56 Å². The lowest BCUT2D eigenvalue weighted by molar-refractivity contribution is -0.130. The number of aromatic nitrogens is 3. The van der Waals surface area contributed by atoms with E-state index in [4.69, 9.17) is 13.8 Å². The van der Waals surface area contributed by atoms with Gasteiger partial charge in [-0.1, -0.05) is 10.3 Å². The number of rotatable bonds is 6. The maximum atomic E-state index is 12.8. The number of likely N-dealkylation sites (tertiary alicyclic amines) is 1. The summed E-state index contributed by atoms with van der Waals surface area (Å²) in [5.74, 6) is 0.278. The third kappa shape index (κ3) is 3.85. The number of ether oxygens (including phenoxy) is 1. The lowest BCUT2D eigenvalue weighted by Crippen LogP contribution is -2.34. The smallest absolute Gasteiger partial charge is 0.232 e. The molecule has 2 aromatic rings. The number of carbonyl (C=O) groups is 2. The highest BCUT2D eigenvalue weighted by atomic mass is 16.5. The molecule has 146 valence electrons. The molecule has 1 saturated heterocycles. The van der Waals surface area contributed by atoms with Crippen molar-refractivity contribution in [3.05, 3.63) is 28.7 Å². The van der Waals surface area contributed by atoms with Crippen LogP contribution >= 0.6 is 0 Å². The summed E-state index contributed by atoms with van der Waals surface area (Å²) in [6.07, 6.45) is 0.174. The molecule has 0 aromatic carbocycles. The van der Waals surface area contributed by atoms with Gasteiger partial charge in [-0.25, -0.2) is 0 Å². The van der Waals surface area contributed by atoms with Crippen LogP contribution in [0.15, 0.2) is 9.05 Å². The average Bonchev–Trinajstić information content (AvgIpc) is 3.36. The lowest BCUT2D eigenvalue weighted by atomic mass is 9.95. The minimum atomic E-state index is -0.459. The number of amides is 2. The zero-order chi connectivity index (χ0) is 19.6. The van der Waals surface area contributed by atoms with E-state index in [2.05, 4.69) is 20.6 Å². The van der Waals surface area contributed by atoms with E-state index in [9.17, 15) is 9.59 Å². The largest absolute Gasteiger partial charge is 0.377 e. The quantitative estimate of drug-likeness (QED) is 0.765. The standard InChI is InChI=1S/C17H23N5O5/c1-9-11(10(2)26-20-9)5-15(23)22-6-12(16(24)18-3)13(7-22)17-19-14(8-25-4)21-27-17/h12-13H,5-8H2,1-4H3,(H,18,24). The maximum absolute atomic E-state index is 12.8. The first-order valence-electron chi connectivity index (χ1n) is 8.67. The second kappa shape index (κ2) is 7.87. The number of nitrogens with one attached hydrogen (secondary N) is 1. The van der Waals surface area contributed by atoms with Crippen molar-refractivity contribution in [2.24, 2.45) is 5.92 Å². The lowest BCUT2D eigenvalue weighted by Gasteiger charge is -2.15. The summed E-state index contributed by atoms with van der Waals surface area (Å²) in [6, 6.07) is 0. The van der Waals surface area contributed by atoms with Crippen molar-refractivity contribution in [3.63, 3.8) is 0 Å². The van der Waals surface area contributed by atoms with Gasteiger partial charge in [0.05, 0.1) is 24.0 Å². The van der Waals surface area contributed by atoms with Crippen LogP contribution in [0.2, 0.25) is 0 Å². The number of aryl methyl sites for hydroxylation is 2. The first-order valence-corrected chi connectivity index (χ1v) is 8.67. The highest BCUT2D eigenvalue weighted by Crippen LogP contribution is 2.32. The van der Waals surface area contributed by atoms with Gasteiger partial charge in [0, 0.05) is 32.8 Å². The van der Waals surface area contributed by atoms with Crippen LogP contribution in [0.3, 0.4) is 0 Å². The Morgan fingerprint density at radius 1 is 1.26 bits per heavy atom. The molecule has 2 atom stereocenters. The maximum Gasteiger partial charge on any atom is 0.232 e. The van der Waals surface area contributed by atoms with Gasteiger partial charge in [-0.2, -0.15) is 4.98 Å². The van der Waals surface area contributed by atoms with Crippen molar-refractivity contribution >= 4 is 11.8 Å². The highest BCUT2D eigenvalue weighted by Gasteiger charge is 2.43. The Balaban J connectivity index is 1.78. The Bertz CT molecular complexity index is 810. The molecule has 0 spiro atoms. The predicted molar refractivity (Wildman–Crippen MR) is 91.6 cm³/mol. The van der Waals surface area contributed by atoms with E-state index in [1.165, 1.54) is 7.11 Å². The van der Waals surface area contributed by atoms with Crippen LogP contribution < -0.4 is 5.32 Å². The van der Waals surface area contributed by atoms with Gasteiger partial charge >= 0.3 is 0 Å². The molecule has 0 aliphatic carbocycles. The first-order chi connectivity index (χ1) is 12.9. The van der Waals surface area contributed by atoms with Crippen molar-refractivity contribution in [2.45, 2.75) is 32.8 Å². The van der Waals surface area contributed by atoms with Crippen LogP contribution in [-0.4, -0.2) is 59.3 Å². The molecule has 2 unspecified atom stereocenters. The summed E-state index contributed by atoms with van der Waals surface area (Å²) >= 11 is 0. The Morgan fingerprint density at radius 3 is 2.67 bits per heavy atom. The number of hydrogen-bond acceptors (Lipinski definition) is 8. The summed E-state index contributed by atoms with van der Waals surface area (Å²) in [6.45, 7) is 4.41. The average molecular weight is 377 g/mol. The van der Waals surface area contributed by atoms with Crippen molar-refractivity contribution in [3.8, 4) is 0 Å². The molecule has 1 aliphatic rings. The molecule has 27 heavy (non-hydrogen) atoms. The second-order valence-corrected chi connectivity index (χ2v) is 6.59. The molecule has 1 aliphatic heterocycles. The van der Waals surface area contributed by atoms with Crippen LogP contribution in [0.5, 0.6) is 0 Å². The van der Waals surface area contributed by atoms with Crippen molar-refractivity contribution in [2.75, 3.05) is 27.2 Å². The van der Waals surface area contributed by atoms with Gasteiger partial charge in [0.25, 0.3) is 0 Å². The Morgan fingerprint density at radius 2 is 2.04 bits per heavy atom. The van der Waals surface area contributed by atoms with Crippen LogP contribution in [0.25, 0.3) is 0 Å². The van der Waals surface area contributed by atoms with Crippen LogP contribution in [0.4, 0.5) is 0 Å². The van der Waals surface area contributed by atoms with Crippen LogP contribution in [-0.2, 0) is 27.4 Å². The Kier molecular flexibility index (Phi) is 5.54. The molecular formula is C17H23N5O5. The fourth-order valence-corrected chi connectivity index (χ4v) is 3.33. The third-order valence-electron chi connectivity index (χ3n) is 4.84. The molecule has 1 fully saturated rings. The Hall–Kier alpha value is -2.75. The van der Waals surface area contributed by atoms with Crippen LogP contribution in [0.1, 0.15) is 34.7 Å². The van der Waals surface area contributed by atoms with Gasteiger partial charge in [-0.15, -0.1) is 0 Å². The molecular weight excluding hydrogens is 354 g/mol. The monoisotopic (exact) mass is 377 g/mol. The zero-order valence-electron chi connectivity index (χ0n) is 15.8. The van der Waals surface area contributed by atoms with E-state index in [1.54, 1.807) is 25.8 Å². The van der Waals surface area contributed by atoms with E-state index in [0.29, 0.717) is 29.7 Å². The van der Waals surface area contributed by atoms with Gasteiger partial charge in [0.1, 0.15) is 12.4 Å². The molecule has 1 N–H and O–H groups in total. The van der Waals surface area contributed by atoms with E-state index in [1.807, 2.05) is 0 Å². The number of methoxy groups -OCH3 is 1. The molecule has 3 rings (SSSR count). The summed E-state index contributed by atoms with van der Waals surface area (Å²) < 4.78 is 15.4.